The molecular weight excluding hydrogens is 390 g/mol. The summed E-state index contributed by atoms with van der Waals surface area (Å²) in [7, 11) is 2.16. The molecule has 3 aromatic rings. The summed E-state index contributed by atoms with van der Waals surface area (Å²) in [6.07, 6.45) is 4.10. The van der Waals surface area contributed by atoms with Crippen molar-refractivity contribution in [1.29, 1.82) is 0 Å². The zero-order valence-electron chi connectivity index (χ0n) is 15.7. The number of fused-ring (bicyclic) bond motifs is 1. The summed E-state index contributed by atoms with van der Waals surface area (Å²) < 4.78 is 2.77. The van der Waals surface area contributed by atoms with Crippen molar-refractivity contribution in [3.63, 3.8) is 0 Å². The standard InChI is InChI=1S/C20H26BrN5/c1-4-25(3)12-8-7-11-22-19-13-18(16-10-6-5-9-15(16)2)24-20-17(21)14-23-26(19)20/h5-6,9-10,13-14,22H,4,7-8,11-12H2,1-3H3. The Hall–Kier alpha value is -1.92. The lowest BCUT2D eigenvalue weighted by Crippen LogP contribution is -2.19. The number of hydrogen-bond acceptors (Lipinski definition) is 4. The summed E-state index contributed by atoms with van der Waals surface area (Å²) in [6.45, 7) is 7.45. The maximum absolute atomic E-state index is 4.81. The van der Waals surface area contributed by atoms with E-state index in [4.69, 9.17) is 4.98 Å². The summed E-state index contributed by atoms with van der Waals surface area (Å²) in [5.74, 6) is 0.975. The highest BCUT2D eigenvalue weighted by molar-refractivity contribution is 9.10. The van der Waals surface area contributed by atoms with Crippen LogP contribution < -0.4 is 5.32 Å². The predicted octanol–water partition coefficient (Wildman–Crippen LogP) is 4.61. The van der Waals surface area contributed by atoms with Crippen molar-refractivity contribution in [1.82, 2.24) is 19.5 Å². The Morgan fingerprint density at radius 2 is 2.04 bits per heavy atom. The highest BCUT2D eigenvalue weighted by atomic mass is 79.9. The van der Waals surface area contributed by atoms with Crippen LogP contribution in [0.15, 0.2) is 41.0 Å². The predicted molar refractivity (Wildman–Crippen MR) is 112 cm³/mol. The van der Waals surface area contributed by atoms with Crippen molar-refractivity contribution in [3.8, 4) is 11.3 Å². The van der Waals surface area contributed by atoms with Crippen LogP contribution in [0.3, 0.4) is 0 Å². The Morgan fingerprint density at radius 1 is 1.23 bits per heavy atom. The third-order valence-electron chi connectivity index (χ3n) is 4.66. The van der Waals surface area contributed by atoms with Gasteiger partial charge in [-0.15, -0.1) is 0 Å². The van der Waals surface area contributed by atoms with E-state index in [1.54, 1.807) is 6.20 Å². The molecule has 26 heavy (non-hydrogen) atoms. The monoisotopic (exact) mass is 415 g/mol. The molecule has 2 heterocycles. The lowest BCUT2D eigenvalue weighted by atomic mass is 10.1. The van der Waals surface area contributed by atoms with Gasteiger partial charge >= 0.3 is 0 Å². The zero-order valence-corrected chi connectivity index (χ0v) is 17.3. The van der Waals surface area contributed by atoms with Crippen LogP contribution in [0.2, 0.25) is 0 Å². The average molecular weight is 416 g/mol. The molecule has 0 bridgehead atoms. The van der Waals surface area contributed by atoms with Gasteiger partial charge in [0, 0.05) is 18.2 Å². The number of anilines is 1. The van der Waals surface area contributed by atoms with E-state index in [0.29, 0.717) is 0 Å². The Kier molecular flexibility index (Phi) is 6.27. The van der Waals surface area contributed by atoms with E-state index in [-0.39, 0.29) is 0 Å². The molecule has 1 N–H and O–H groups in total. The second-order valence-corrected chi connectivity index (χ2v) is 7.45. The number of unbranched alkanes of at least 4 members (excludes halogenated alkanes) is 1. The van der Waals surface area contributed by atoms with Crippen LogP contribution in [0.1, 0.15) is 25.3 Å². The van der Waals surface area contributed by atoms with Crippen molar-refractivity contribution in [2.45, 2.75) is 26.7 Å². The molecule has 0 unspecified atom stereocenters. The Balaban J connectivity index is 1.81. The summed E-state index contributed by atoms with van der Waals surface area (Å²) in [4.78, 5) is 7.15. The molecule has 0 saturated carbocycles. The molecule has 0 amide bonds. The first-order valence-corrected chi connectivity index (χ1v) is 9.92. The molecule has 0 aliphatic carbocycles. The van der Waals surface area contributed by atoms with Crippen LogP contribution in [0.25, 0.3) is 16.9 Å². The Labute approximate surface area is 163 Å². The molecule has 1 aromatic carbocycles. The second-order valence-electron chi connectivity index (χ2n) is 6.60. The molecule has 0 atom stereocenters. The van der Waals surface area contributed by atoms with Crippen molar-refractivity contribution in [3.05, 3.63) is 46.6 Å². The molecular formula is C20H26BrN5. The molecule has 6 heteroatoms. The van der Waals surface area contributed by atoms with Crippen LogP contribution in [0, 0.1) is 6.92 Å². The summed E-state index contributed by atoms with van der Waals surface area (Å²) in [5.41, 5.74) is 4.16. The van der Waals surface area contributed by atoms with Crippen LogP contribution in [0.5, 0.6) is 0 Å². The second kappa shape index (κ2) is 8.64. The Morgan fingerprint density at radius 3 is 2.81 bits per heavy atom. The van der Waals surface area contributed by atoms with Gasteiger partial charge < -0.3 is 10.2 Å². The summed E-state index contributed by atoms with van der Waals surface area (Å²) in [5, 5.41) is 8.00. The number of rotatable bonds is 8. The zero-order chi connectivity index (χ0) is 18.5. The molecule has 0 aliphatic heterocycles. The van der Waals surface area contributed by atoms with E-state index in [9.17, 15) is 0 Å². The van der Waals surface area contributed by atoms with Gasteiger partial charge in [0.05, 0.1) is 16.4 Å². The molecule has 5 nitrogen and oxygen atoms in total. The fraction of sp³-hybridized carbons (Fsp3) is 0.400. The highest BCUT2D eigenvalue weighted by Gasteiger charge is 2.12. The minimum atomic E-state index is 0.832. The van der Waals surface area contributed by atoms with Gasteiger partial charge in [-0.3, -0.25) is 0 Å². The van der Waals surface area contributed by atoms with Crippen molar-refractivity contribution < 1.29 is 0 Å². The number of nitrogens with zero attached hydrogens (tertiary/aromatic N) is 4. The number of nitrogens with one attached hydrogen (secondary N) is 1. The molecule has 0 fully saturated rings. The van der Waals surface area contributed by atoms with Crippen LogP contribution >= 0.6 is 15.9 Å². The van der Waals surface area contributed by atoms with Crippen molar-refractivity contribution in [2.24, 2.45) is 0 Å². The van der Waals surface area contributed by atoms with Crippen LogP contribution in [0.4, 0.5) is 5.82 Å². The van der Waals surface area contributed by atoms with Crippen molar-refractivity contribution >= 4 is 27.4 Å². The van der Waals surface area contributed by atoms with E-state index < -0.39 is 0 Å². The molecule has 0 spiro atoms. The molecule has 0 aliphatic rings. The minimum absolute atomic E-state index is 0.832. The van der Waals surface area contributed by atoms with E-state index in [1.165, 1.54) is 12.0 Å². The maximum atomic E-state index is 4.81. The van der Waals surface area contributed by atoms with E-state index >= 15 is 0 Å². The average Bonchev–Trinajstić information content (AvgIpc) is 3.02. The summed E-state index contributed by atoms with van der Waals surface area (Å²) in [6, 6.07) is 10.4. The highest BCUT2D eigenvalue weighted by Crippen LogP contribution is 2.27. The third-order valence-corrected chi connectivity index (χ3v) is 5.22. The lowest BCUT2D eigenvalue weighted by Gasteiger charge is -2.14. The SMILES string of the molecule is CCN(C)CCCCNc1cc(-c2ccccc2C)nc2c(Br)cnn12. The molecule has 0 radical (unpaired) electrons. The van der Waals surface area contributed by atoms with Crippen molar-refractivity contribution in [2.75, 3.05) is 32.0 Å². The number of hydrogen-bond donors (Lipinski definition) is 1. The van der Waals surface area contributed by atoms with E-state index in [0.717, 1.165) is 53.3 Å². The van der Waals surface area contributed by atoms with Crippen LogP contribution in [-0.2, 0) is 0 Å². The van der Waals surface area contributed by atoms with Gasteiger partial charge in [0.15, 0.2) is 5.65 Å². The first kappa shape index (κ1) is 18.9. The maximum Gasteiger partial charge on any atom is 0.172 e. The molecule has 138 valence electrons. The fourth-order valence-electron chi connectivity index (χ4n) is 2.94. The van der Waals surface area contributed by atoms with Gasteiger partial charge in [0.1, 0.15) is 5.82 Å². The number of aromatic nitrogens is 3. The quantitative estimate of drug-likeness (QED) is 0.545. The number of aryl methyl sites for hydroxylation is 1. The van der Waals surface area contributed by atoms with E-state index in [2.05, 4.69) is 82.5 Å². The fourth-order valence-corrected chi connectivity index (χ4v) is 3.29. The smallest absolute Gasteiger partial charge is 0.172 e. The molecule has 2 aromatic heterocycles. The van der Waals surface area contributed by atoms with Gasteiger partial charge in [-0.1, -0.05) is 31.2 Å². The van der Waals surface area contributed by atoms with Gasteiger partial charge in [0.25, 0.3) is 0 Å². The normalized spacial score (nSPS) is 11.4. The first-order chi connectivity index (χ1) is 12.6. The van der Waals surface area contributed by atoms with Gasteiger partial charge in [-0.2, -0.15) is 9.61 Å². The number of halogens is 1. The molecule has 0 saturated heterocycles. The minimum Gasteiger partial charge on any atom is -0.370 e. The number of benzene rings is 1. The molecule has 3 rings (SSSR count). The van der Waals surface area contributed by atoms with Gasteiger partial charge in [-0.05, 0) is 61.4 Å². The van der Waals surface area contributed by atoms with Gasteiger partial charge in [-0.25, -0.2) is 4.98 Å². The first-order valence-electron chi connectivity index (χ1n) is 9.13. The van der Waals surface area contributed by atoms with Gasteiger partial charge in [0.2, 0.25) is 0 Å². The lowest BCUT2D eigenvalue weighted by molar-refractivity contribution is 0.345. The Bertz CT molecular complexity index is 874. The summed E-state index contributed by atoms with van der Waals surface area (Å²) >= 11 is 3.56. The topological polar surface area (TPSA) is 45.5 Å². The van der Waals surface area contributed by atoms with E-state index in [1.807, 2.05) is 4.52 Å². The largest absolute Gasteiger partial charge is 0.370 e. The third kappa shape index (κ3) is 4.24. The van der Waals surface area contributed by atoms with Crippen LogP contribution in [-0.4, -0.2) is 46.2 Å².